The van der Waals surface area contributed by atoms with Crippen molar-refractivity contribution >= 4 is 5.97 Å². The van der Waals surface area contributed by atoms with Crippen LogP contribution in [0.4, 0.5) is 0 Å². The lowest BCUT2D eigenvalue weighted by atomic mass is 10.1. The fourth-order valence-corrected chi connectivity index (χ4v) is 1.45. The minimum absolute atomic E-state index is 0.332. The molecule has 5 N–H and O–H groups in total. The lowest BCUT2D eigenvalue weighted by molar-refractivity contribution is -0.145. The minimum Gasteiger partial charge on any atom is -0.480 e. The molecule has 0 aromatic carbocycles. The standard InChI is InChI=1S/C9H19N3O2/c1-4-5-8(9(13)14)12(6(2)10)7(3)11/h4,6-8H,1,5,10-11H2,2-3H3,(H,13,14). The molecule has 82 valence electrons. The van der Waals surface area contributed by atoms with Gasteiger partial charge in [0.15, 0.2) is 0 Å². The maximum Gasteiger partial charge on any atom is 0.321 e. The van der Waals surface area contributed by atoms with E-state index in [1.165, 1.54) is 0 Å². The van der Waals surface area contributed by atoms with Crippen molar-refractivity contribution in [2.45, 2.75) is 38.6 Å². The van der Waals surface area contributed by atoms with Crippen LogP contribution in [0.1, 0.15) is 20.3 Å². The predicted octanol–water partition coefficient (Wildman–Crippen LogP) is -0.0729. The van der Waals surface area contributed by atoms with Crippen LogP contribution in [0.25, 0.3) is 0 Å². The molecule has 0 aromatic rings. The zero-order valence-electron chi connectivity index (χ0n) is 8.68. The number of nitrogens with two attached hydrogens (primary N) is 2. The van der Waals surface area contributed by atoms with Gasteiger partial charge in [-0.3, -0.25) is 9.69 Å². The molecule has 0 saturated carbocycles. The van der Waals surface area contributed by atoms with Gasteiger partial charge in [0.25, 0.3) is 0 Å². The van der Waals surface area contributed by atoms with E-state index in [-0.39, 0.29) is 0 Å². The van der Waals surface area contributed by atoms with E-state index in [1.807, 2.05) is 0 Å². The van der Waals surface area contributed by atoms with Crippen LogP contribution in [-0.4, -0.2) is 34.3 Å². The summed E-state index contributed by atoms with van der Waals surface area (Å²) in [5, 5.41) is 8.97. The summed E-state index contributed by atoms with van der Waals surface area (Å²) in [6.07, 6.45) is 1.10. The number of rotatable bonds is 6. The number of carboxylic acid groups (broad SMARTS) is 1. The van der Waals surface area contributed by atoms with E-state index in [0.717, 1.165) is 0 Å². The van der Waals surface area contributed by atoms with Gasteiger partial charge < -0.3 is 16.6 Å². The molecule has 3 unspecified atom stereocenters. The smallest absolute Gasteiger partial charge is 0.321 e. The summed E-state index contributed by atoms with van der Waals surface area (Å²) >= 11 is 0. The summed E-state index contributed by atoms with van der Waals surface area (Å²) in [4.78, 5) is 12.5. The fourth-order valence-electron chi connectivity index (χ4n) is 1.45. The van der Waals surface area contributed by atoms with Crippen molar-refractivity contribution in [2.75, 3.05) is 0 Å². The van der Waals surface area contributed by atoms with Gasteiger partial charge in [-0.2, -0.15) is 0 Å². The largest absolute Gasteiger partial charge is 0.480 e. The Kier molecular flexibility index (Phi) is 5.37. The Labute approximate surface area is 84.4 Å². The van der Waals surface area contributed by atoms with Crippen molar-refractivity contribution < 1.29 is 9.90 Å². The number of hydrogen-bond donors (Lipinski definition) is 3. The first-order valence-electron chi connectivity index (χ1n) is 4.54. The normalized spacial score (nSPS) is 17.5. The molecule has 0 aliphatic rings. The molecule has 0 heterocycles. The van der Waals surface area contributed by atoms with Crippen LogP contribution in [0.2, 0.25) is 0 Å². The third-order valence-corrected chi connectivity index (χ3v) is 1.98. The SMILES string of the molecule is C=CCC(C(=O)O)N(C(C)N)C(C)N. The van der Waals surface area contributed by atoms with Gasteiger partial charge in [-0.15, -0.1) is 6.58 Å². The minimum atomic E-state index is -0.931. The highest BCUT2D eigenvalue weighted by molar-refractivity contribution is 5.73. The summed E-state index contributed by atoms with van der Waals surface area (Å²) in [5.41, 5.74) is 11.3. The summed E-state index contributed by atoms with van der Waals surface area (Å²) in [7, 11) is 0. The Bertz CT molecular complexity index is 196. The molecule has 0 bridgehead atoms. The third-order valence-electron chi connectivity index (χ3n) is 1.98. The number of hydrogen-bond acceptors (Lipinski definition) is 4. The first kappa shape index (κ1) is 13.1. The summed E-state index contributed by atoms with van der Waals surface area (Å²) < 4.78 is 0. The topological polar surface area (TPSA) is 92.6 Å². The van der Waals surface area contributed by atoms with Gasteiger partial charge in [0.2, 0.25) is 0 Å². The highest BCUT2D eigenvalue weighted by Gasteiger charge is 2.28. The molecule has 0 aliphatic carbocycles. The van der Waals surface area contributed by atoms with Gasteiger partial charge in [-0.25, -0.2) is 0 Å². The van der Waals surface area contributed by atoms with Gasteiger partial charge in [0.05, 0.1) is 12.3 Å². The number of carbonyl (C=O) groups is 1. The highest BCUT2D eigenvalue weighted by Crippen LogP contribution is 2.09. The lowest BCUT2D eigenvalue weighted by Gasteiger charge is -2.34. The number of carboxylic acids is 1. The Balaban J connectivity index is 4.72. The van der Waals surface area contributed by atoms with Crippen LogP contribution < -0.4 is 11.5 Å². The second kappa shape index (κ2) is 5.74. The molecule has 0 amide bonds. The number of nitrogens with zero attached hydrogens (tertiary/aromatic N) is 1. The van der Waals surface area contributed by atoms with E-state index < -0.39 is 24.3 Å². The molecule has 0 fully saturated rings. The van der Waals surface area contributed by atoms with Crippen molar-refractivity contribution in [2.24, 2.45) is 11.5 Å². The van der Waals surface area contributed by atoms with E-state index in [2.05, 4.69) is 6.58 Å². The van der Waals surface area contributed by atoms with Gasteiger partial charge in [0.1, 0.15) is 6.04 Å². The van der Waals surface area contributed by atoms with Gasteiger partial charge >= 0.3 is 5.97 Å². The Morgan fingerprint density at radius 2 is 1.93 bits per heavy atom. The van der Waals surface area contributed by atoms with Crippen LogP contribution in [0.5, 0.6) is 0 Å². The van der Waals surface area contributed by atoms with Crippen molar-refractivity contribution in [1.82, 2.24) is 4.90 Å². The monoisotopic (exact) mass is 201 g/mol. The first-order chi connectivity index (χ1) is 6.41. The van der Waals surface area contributed by atoms with Crippen molar-refractivity contribution in [3.8, 4) is 0 Å². The van der Waals surface area contributed by atoms with Crippen LogP contribution in [0, 0.1) is 0 Å². The molecule has 0 aliphatic heterocycles. The van der Waals surface area contributed by atoms with Crippen LogP contribution >= 0.6 is 0 Å². The molecule has 0 saturated heterocycles. The Hall–Kier alpha value is -0.910. The van der Waals surface area contributed by atoms with Crippen LogP contribution in [-0.2, 0) is 4.79 Å². The second-order valence-corrected chi connectivity index (χ2v) is 3.31. The molecule has 0 radical (unpaired) electrons. The molecule has 5 heteroatoms. The Morgan fingerprint density at radius 3 is 2.14 bits per heavy atom. The van der Waals surface area contributed by atoms with E-state index in [0.29, 0.717) is 6.42 Å². The molecule has 14 heavy (non-hydrogen) atoms. The van der Waals surface area contributed by atoms with E-state index in [1.54, 1.807) is 24.8 Å². The van der Waals surface area contributed by atoms with Crippen molar-refractivity contribution in [3.05, 3.63) is 12.7 Å². The summed E-state index contributed by atoms with van der Waals surface area (Å²) in [5.74, 6) is -0.931. The molecular formula is C9H19N3O2. The van der Waals surface area contributed by atoms with Crippen molar-refractivity contribution in [3.63, 3.8) is 0 Å². The molecule has 0 spiro atoms. The van der Waals surface area contributed by atoms with Crippen LogP contribution in [0.15, 0.2) is 12.7 Å². The van der Waals surface area contributed by atoms with Crippen molar-refractivity contribution in [1.29, 1.82) is 0 Å². The molecule has 5 nitrogen and oxygen atoms in total. The van der Waals surface area contributed by atoms with E-state index in [4.69, 9.17) is 16.6 Å². The summed E-state index contributed by atoms with van der Waals surface area (Å²) in [6, 6.07) is -0.701. The number of aliphatic carboxylic acids is 1. The second-order valence-electron chi connectivity index (χ2n) is 3.31. The molecular weight excluding hydrogens is 182 g/mol. The zero-order valence-corrected chi connectivity index (χ0v) is 8.68. The van der Waals surface area contributed by atoms with Gasteiger partial charge in [-0.1, -0.05) is 6.08 Å². The van der Waals surface area contributed by atoms with E-state index >= 15 is 0 Å². The molecule has 0 aromatic heterocycles. The van der Waals surface area contributed by atoms with Crippen LogP contribution in [0.3, 0.4) is 0 Å². The first-order valence-corrected chi connectivity index (χ1v) is 4.54. The van der Waals surface area contributed by atoms with Gasteiger partial charge in [-0.05, 0) is 20.3 Å². The highest BCUT2D eigenvalue weighted by atomic mass is 16.4. The quantitative estimate of drug-likeness (QED) is 0.413. The van der Waals surface area contributed by atoms with E-state index in [9.17, 15) is 4.79 Å². The maximum atomic E-state index is 10.9. The Morgan fingerprint density at radius 1 is 1.50 bits per heavy atom. The lowest BCUT2D eigenvalue weighted by Crippen LogP contribution is -2.56. The average Bonchev–Trinajstić information content (AvgIpc) is 2.01. The predicted molar refractivity (Wildman–Crippen MR) is 55.4 cm³/mol. The maximum absolute atomic E-state index is 10.9. The van der Waals surface area contributed by atoms with Gasteiger partial charge in [0, 0.05) is 0 Å². The fraction of sp³-hybridized carbons (Fsp3) is 0.667. The zero-order chi connectivity index (χ0) is 11.3. The average molecular weight is 201 g/mol. The third kappa shape index (κ3) is 3.45. The summed E-state index contributed by atoms with van der Waals surface area (Å²) in [6.45, 7) is 6.93. The molecule has 3 atom stereocenters. The molecule has 0 rings (SSSR count).